The lowest BCUT2D eigenvalue weighted by molar-refractivity contribution is 0.0954. The molecule has 0 bridgehead atoms. The summed E-state index contributed by atoms with van der Waals surface area (Å²) in [6, 6.07) is 12.0. The summed E-state index contributed by atoms with van der Waals surface area (Å²) in [7, 11) is 0. The third-order valence-corrected chi connectivity index (χ3v) is 3.66. The molecule has 0 heterocycles. The van der Waals surface area contributed by atoms with Gasteiger partial charge in [0.05, 0.1) is 11.8 Å². The van der Waals surface area contributed by atoms with Crippen LogP contribution in [0.15, 0.2) is 56.5 Å². The fraction of sp³-hybridized carbons (Fsp3) is 0. The third kappa shape index (κ3) is 3.68. The number of hydrogen-bond acceptors (Lipinski definition) is 3. The van der Waals surface area contributed by atoms with Gasteiger partial charge in [0.15, 0.2) is 0 Å². The van der Waals surface area contributed by atoms with Crippen molar-refractivity contribution in [2.24, 2.45) is 5.10 Å². The zero-order valence-corrected chi connectivity index (χ0v) is 13.3. The lowest BCUT2D eigenvalue weighted by Gasteiger charge is -2.02. The molecule has 1 amide bonds. The number of phenolic OH excluding ortho intramolecular Hbond substituents is 1. The highest BCUT2D eigenvalue weighted by molar-refractivity contribution is 9.10. The molecular weight excluding hydrogens is 388 g/mol. The quantitative estimate of drug-likeness (QED) is 0.612. The van der Waals surface area contributed by atoms with Gasteiger partial charge in [-0.15, -0.1) is 0 Å². The molecule has 0 radical (unpaired) electrons. The van der Waals surface area contributed by atoms with E-state index in [4.69, 9.17) is 0 Å². The van der Waals surface area contributed by atoms with E-state index in [9.17, 15) is 9.90 Å². The van der Waals surface area contributed by atoms with Crippen LogP contribution in [0.4, 0.5) is 0 Å². The van der Waals surface area contributed by atoms with Crippen LogP contribution in [0, 0.1) is 0 Å². The fourth-order valence-electron chi connectivity index (χ4n) is 1.49. The zero-order chi connectivity index (χ0) is 14.5. The van der Waals surface area contributed by atoms with Crippen LogP contribution in [-0.4, -0.2) is 17.2 Å². The summed E-state index contributed by atoms with van der Waals surface area (Å²) in [5.41, 5.74) is 3.40. The highest BCUT2D eigenvalue weighted by atomic mass is 79.9. The summed E-state index contributed by atoms with van der Waals surface area (Å²) < 4.78 is 1.51. The molecule has 4 nitrogen and oxygen atoms in total. The van der Waals surface area contributed by atoms with Crippen LogP contribution in [0.25, 0.3) is 0 Å². The number of hydrazone groups is 1. The van der Waals surface area contributed by atoms with Crippen LogP contribution in [0.2, 0.25) is 0 Å². The molecule has 0 aromatic heterocycles. The first kappa shape index (κ1) is 14.7. The summed E-state index contributed by atoms with van der Waals surface area (Å²) in [4.78, 5) is 11.9. The number of halogens is 2. The van der Waals surface area contributed by atoms with E-state index < -0.39 is 0 Å². The van der Waals surface area contributed by atoms with Crippen molar-refractivity contribution in [2.75, 3.05) is 0 Å². The molecule has 2 aromatic rings. The van der Waals surface area contributed by atoms with Gasteiger partial charge in [-0.25, -0.2) is 5.43 Å². The Morgan fingerprint density at radius 3 is 2.70 bits per heavy atom. The standard InChI is InChI=1S/C14H10Br2N2O2/c15-10-5-6-13(19)9(7-10)8-17-18-14(20)11-3-1-2-4-12(11)16/h1-8,19H,(H,18,20)/b17-8+. The molecule has 102 valence electrons. The average Bonchev–Trinajstić information content (AvgIpc) is 2.43. The van der Waals surface area contributed by atoms with Crippen molar-refractivity contribution in [3.63, 3.8) is 0 Å². The third-order valence-electron chi connectivity index (χ3n) is 2.48. The molecule has 20 heavy (non-hydrogen) atoms. The minimum absolute atomic E-state index is 0.0899. The van der Waals surface area contributed by atoms with Crippen molar-refractivity contribution in [3.05, 3.63) is 62.5 Å². The summed E-state index contributed by atoms with van der Waals surface area (Å²) in [6.07, 6.45) is 1.38. The van der Waals surface area contributed by atoms with E-state index in [0.29, 0.717) is 15.6 Å². The summed E-state index contributed by atoms with van der Waals surface area (Å²) in [6.45, 7) is 0. The highest BCUT2D eigenvalue weighted by Gasteiger charge is 2.07. The zero-order valence-electron chi connectivity index (χ0n) is 10.2. The maximum absolute atomic E-state index is 11.9. The largest absolute Gasteiger partial charge is 0.507 e. The van der Waals surface area contributed by atoms with E-state index in [1.807, 2.05) is 6.07 Å². The van der Waals surface area contributed by atoms with Gasteiger partial charge in [0.2, 0.25) is 0 Å². The number of nitrogens with zero attached hydrogens (tertiary/aromatic N) is 1. The number of phenols is 1. The Bertz CT molecular complexity index is 672. The maximum Gasteiger partial charge on any atom is 0.272 e. The molecule has 0 atom stereocenters. The second-order valence-electron chi connectivity index (χ2n) is 3.88. The number of carbonyl (C=O) groups excluding carboxylic acids is 1. The Morgan fingerprint density at radius 2 is 1.95 bits per heavy atom. The molecule has 2 N–H and O–H groups in total. The first-order valence-corrected chi connectivity index (χ1v) is 7.23. The van der Waals surface area contributed by atoms with Crippen LogP contribution in [0.1, 0.15) is 15.9 Å². The highest BCUT2D eigenvalue weighted by Crippen LogP contribution is 2.20. The Balaban J connectivity index is 2.09. The van der Waals surface area contributed by atoms with Gasteiger partial charge in [0.25, 0.3) is 5.91 Å². The predicted molar refractivity (Wildman–Crippen MR) is 85.0 cm³/mol. The van der Waals surface area contributed by atoms with Gasteiger partial charge in [0, 0.05) is 14.5 Å². The molecule has 0 aliphatic rings. The Morgan fingerprint density at radius 1 is 1.20 bits per heavy atom. The number of carbonyl (C=O) groups is 1. The first-order valence-electron chi connectivity index (χ1n) is 5.64. The molecule has 2 aromatic carbocycles. The van der Waals surface area contributed by atoms with Crippen LogP contribution in [0.5, 0.6) is 5.75 Å². The van der Waals surface area contributed by atoms with E-state index >= 15 is 0 Å². The normalized spacial score (nSPS) is 10.7. The summed E-state index contributed by atoms with van der Waals surface area (Å²) >= 11 is 6.59. The van der Waals surface area contributed by atoms with Crippen molar-refractivity contribution in [3.8, 4) is 5.75 Å². The van der Waals surface area contributed by atoms with Gasteiger partial charge in [0.1, 0.15) is 5.75 Å². The number of hydrogen-bond donors (Lipinski definition) is 2. The van der Waals surface area contributed by atoms with Gasteiger partial charge in [-0.05, 0) is 46.3 Å². The van der Waals surface area contributed by atoms with E-state index in [1.54, 1.807) is 36.4 Å². The van der Waals surface area contributed by atoms with Crippen molar-refractivity contribution < 1.29 is 9.90 Å². The molecule has 0 fully saturated rings. The van der Waals surface area contributed by atoms with Crippen molar-refractivity contribution in [1.29, 1.82) is 0 Å². The molecule has 0 spiro atoms. The summed E-state index contributed by atoms with van der Waals surface area (Å²) in [5.74, 6) is -0.240. The number of aromatic hydroxyl groups is 1. The maximum atomic E-state index is 11.9. The lowest BCUT2D eigenvalue weighted by Crippen LogP contribution is -2.18. The molecule has 0 saturated heterocycles. The van der Waals surface area contributed by atoms with Crippen molar-refractivity contribution in [2.45, 2.75) is 0 Å². The number of amides is 1. The minimum atomic E-state index is -0.330. The van der Waals surface area contributed by atoms with Crippen LogP contribution in [-0.2, 0) is 0 Å². The Hall–Kier alpha value is -1.66. The first-order chi connectivity index (χ1) is 9.58. The van der Waals surface area contributed by atoms with Gasteiger partial charge >= 0.3 is 0 Å². The van der Waals surface area contributed by atoms with Crippen molar-refractivity contribution >= 4 is 44.0 Å². The topological polar surface area (TPSA) is 61.7 Å². The van der Waals surface area contributed by atoms with Gasteiger partial charge in [-0.3, -0.25) is 4.79 Å². The SMILES string of the molecule is O=C(N/N=C/c1cc(Br)ccc1O)c1ccccc1Br. The van der Waals surface area contributed by atoms with Crippen LogP contribution < -0.4 is 5.43 Å². The average molecular weight is 398 g/mol. The lowest BCUT2D eigenvalue weighted by atomic mass is 10.2. The molecule has 0 aliphatic heterocycles. The molecule has 6 heteroatoms. The monoisotopic (exact) mass is 396 g/mol. The van der Waals surface area contributed by atoms with Gasteiger partial charge in [-0.2, -0.15) is 5.10 Å². The van der Waals surface area contributed by atoms with E-state index in [1.165, 1.54) is 6.21 Å². The van der Waals surface area contributed by atoms with Crippen molar-refractivity contribution in [1.82, 2.24) is 5.43 Å². The fourth-order valence-corrected chi connectivity index (χ4v) is 2.34. The number of rotatable bonds is 3. The molecule has 0 unspecified atom stereocenters. The van der Waals surface area contributed by atoms with Crippen LogP contribution >= 0.6 is 31.9 Å². The van der Waals surface area contributed by atoms with E-state index in [0.717, 1.165) is 4.47 Å². The molecule has 0 aliphatic carbocycles. The predicted octanol–water partition coefficient (Wildman–Crippen LogP) is 3.68. The number of nitrogens with one attached hydrogen (secondary N) is 1. The number of benzene rings is 2. The minimum Gasteiger partial charge on any atom is -0.507 e. The summed E-state index contributed by atoms with van der Waals surface area (Å²) in [5, 5.41) is 13.5. The Labute approximate surface area is 132 Å². The second-order valence-corrected chi connectivity index (χ2v) is 5.65. The van der Waals surface area contributed by atoms with E-state index in [2.05, 4.69) is 42.4 Å². The second kappa shape index (κ2) is 6.67. The van der Waals surface area contributed by atoms with E-state index in [-0.39, 0.29) is 11.7 Å². The van der Waals surface area contributed by atoms with Crippen LogP contribution in [0.3, 0.4) is 0 Å². The Kier molecular flexibility index (Phi) is 4.92. The molecular formula is C14H10Br2N2O2. The smallest absolute Gasteiger partial charge is 0.272 e. The molecule has 2 rings (SSSR count). The molecule has 0 saturated carbocycles. The van der Waals surface area contributed by atoms with Gasteiger partial charge in [-0.1, -0.05) is 28.1 Å². The van der Waals surface area contributed by atoms with Gasteiger partial charge < -0.3 is 5.11 Å².